The van der Waals surface area contributed by atoms with Crippen LogP contribution in [0.1, 0.15) is 50.7 Å². The van der Waals surface area contributed by atoms with Gasteiger partial charge in [-0.25, -0.2) is 14.8 Å². The fourth-order valence-electron chi connectivity index (χ4n) is 4.21. The van der Waals surface area contributed by atoms with Crippen LogP contribution in [0.5, 0.6) is 5.75 Å². The van der Waals surface area contributed by atoms with Gasteiger partial charge in [-0.3, -0.25) is 0 Å². The molecule has 0 saturated heterocycles. The van der Waals surface area contributed by atoms with E-state index in [1.165, 1.54) is 0 Å². The highest BCUT2D eigenvalue weighted by Gasteiger charge is 2.19. The van der Waals surface area contributed by atoms with Crippen LogP contribution in [0.2, 0.25) is 0 Å². The number of anilines is 2. The zero-order valence-corrected chi connectivity index (χ0v) is 21.4. The minimum absolute atomic E-state index is 0.261. The minimum Gasteiger partial charge on any atom is -0.496 e. The van der Waals surface area contributed by atoms with Crippen molar-refractivity contribution in [3.63, 3.8) is 0 Å². The molecule has 2 amide bonds. The standard InChI is InChI=1S/C30H32N4O2/c1-19(2)22-15-11-16-23(20(3)4)27(22)34-30(35)32-25-18-31-29(21-12-7-6-8-13-21)33-28(25)24-14-9-10-17-26(24)36-5/h6-20H,1-5H3,(H2,32,34,35). The van der Waals surface area contributed by atoms with Gasteiger partial charge >= 0.3 is 6.03 Å². The van der Waals surface area contributed by atoms with E-state index in [1.54, 1.807) is 13.3 Å². The molecule has 0 aliphatic carbocycles. The van der Waals surface area contributed by atoms with Gasteiger partial charge in [0.25, 0.3) is 0 Å². The lowest BCUT2D eigenvalue weighted by atomic mass is 9.93. The largest absolute Gasteiger partial charge is 0.496 e. The highest BCUT2D eigenvalue weighted by molar-refractivity contribution is 6.03. The van der Waals surface area contributed by atoms with Crippen molar-refractivity contribution in [2.75, 3.05) is 17.7 Å². The van der Waals surface area contributed by atoms with E-state index in [2.05, 4.69) is 55.4 Å². The molecule has 0 spiro atoms. The number of nitrogens with one attached hydrogen (secondary N) is 2. The number of rotatable bonds is 7. The van der Waals surface area contributed by atoms with E-state index in [-0.39, 0.29) is 17.9 Å². The number of benzene rings is 3. The van der Waals surface area contributed by atoms with Gasteiger partial charge in [0.2, 0.25) is 0 Å². The van der Waals surface area contributed by atoms with Crippen LogP contribution in [-0.2, 0) is 0 Å². The Morgan fingerprint density at radius 1 is 0.806 bits per heavy atom. The molecule has 0 bridgehead atoms. The van der Waals surface area contributed by atoms with Crippen LogP contribution in [0.25, 0.3) is 22.6 Å². The summed E-state index contributed by atoms with van der Waals surface area (Å²) in [5.41, 5.74) is 5.76. The quantitative estimate of drug-likeness (QED) is 0.284. The van der Waals surface area contributed by atoms with Gasteiger partial charge in [-0.2, -0.15) is 0 Å². The summed E-state index contributed by atoms with van der Waals surface area (Å²) in [6, 6.07) is 23.2. The van der Waals surface area contributed by atoms with Crippen LogP contribution in [0.3, 0.4) is 0 Å². The van der Waals surface area contributed by atoms with Crippen LogP contribution in [0.4, 0.5) is 16.2 Å². The van der Waals surface area contributed by atoms with Crippen molar-refractivity contribution in [1.29, 1.82) is 0 Å². The van der Waals surface area contributed by atoms with Crippen molar-refractivity contribution < 1.29 is 9.53 Å². The Kier molecular flexibility index (Phi) is 7.64. The molecule has 6 heteroatoms. The minimum atomic E-state index is -0.350. The molecule has 1 aromatic heterocycles. The summed E-state index contributed by atoms with van der Waals surface area (Å²) in [7, 11) is 1.62. The Bertz CT molecular complexity index is 1320. The fraction of sp³-hybridized carbons (Fsp3) is 0.233. The number of aromatic nitrogens is 2. The zero-order valence-electron chi connectivity index (χ0n) is 21.4. The number of nitrogens with zero attached hydrogens (tertiary/aromatic N) is 2. The molecule has 3 aromatic carbocycles. The number of carbonyl (C=O) groups is 1. The topological polar surface area (TPSA) is 76.1 Å². The van der Waals surface area contributed by atoms with Crippen molar-refractivity contribution in [2.45, 2.75) is 39.5 Å². The molecule has 0 radical (unpaired) electrons. The first kappa shape index (κ1) is 24.9. The number of ether oxygens (including phenoxy) is 1. The average Bonchev–Trinajstić information content (AvgIpc) is 2.89. The van der Waals surface area contributed by atoms with E-state index < -0.39 is 0 Å². The highest BCUT2D eigenvalue weighted by atomic mass is 16.5. The third-order valence-electron chi connectivity index (χ3n) is 6.04. The number of hydrogen-bond acceptors (Lipinski definition) is 4. The van der Waals surface area contributed by atoms with Crippen molar-refractivity contribution in [3.05, 3.63) is 90.1 Å². The van der Waals surface area contributed by atoms with E-state index in [1.807, 2.05) is 60.7 Å². The second kappa shape index (κ2) is 11.0. The van der Waals surface area contributed by atoms with Crippen molar-refractivity contribution >= 4 is 17.4 Å². The van der Waals surface area contributed by atoms with Gasteiger partial charge in [-0.1, -0.05) is 88.4 Å². The first-order valence-electron chi connectivity index (χ1n) is 12.2. The predicted molar refractivity (Wildman–Crippen MR) is 147 cm³/mol. The first-order chi connectivity index (χ1) is 17.4. The third kappa shape index (κ3) is 5.38. The molecule has 0 aliphatic rings. The monoisotopic (exact) mass is 480 g/mol. The maximum Gasteiger partial charge on any atom is 0.323 e. The molecule has 0 atom stereocenters. The van der Waals surface area contributed by atoms with E-state index in [0.717, 1.165) is 27.9 Å². The predicted octanol–water partition coefficient (Wildman–Crippen LogP) is 7.71. The lowest BCUT2D eigenvalue weighted by Crippen LogP contribution is -2.22. The smallest absolute Gasteiger partial charge is 0.323 e. The zero-order chi connectivity index (χ0) is 25.7. The summed E-state index contributed by atoms with van der Waals surface area (Å²) >= 11 is 0. The Labute approximate surface area is 212 Å². The summed E-state index contributed by atoms with van der Waals surface area (Å²) in [5, 5.41) is 6.10. The molecular weight excluding hydrogens is 448 g/mol. The molecular formula is C30H32N4O2. The molecule has 6 nitrogen and oxygen atoms in total. The van der Waals surface area contributed by atoms with Gasteiger partial charge in [0, 0.05) is 16.8 Å². The van der Waals surface area contributed by atoms with E-state index in [0.29, 0.717) is 23.0 Å². The van der Waals surface area contributed by atoms with Crippen LogP contribution < -0.4 is 15.4 Å². The van der Waals surface area contributed by atoms with Crippen molar-refractivity contribution in [2.24, 2.45) is 0 Å². The summed E-state index contributed by atoms with van der Waals surface area (Å²) < 4.78 is 5.60. The molecule has 0 fully saturated rings. The third-order valence-corrected chi connectivity index (χ3v) is 6.04. The lowest BCUT2D eigenvalue weighted by Gasteiger charge is -2.21. The summed E-state index contributed by atoms with van der Waals surface area (Å²) in [6.07, 6.45) is 1.65. The van der Waals surface area contributed by atoms with Crippen LogP contribution in [0, 0.1) is 0 Å². The Morgan fingerprint density at radius 3 is 2.08 bits per heavy atom. The van der Waals surface area contributed by atoms with Gasteiger partial charge < -0.3 is 15.4 Å². The van der Waals surface area contributed by atoms with Crippen molar-refractivity contribution in [3.8, 4) is 28.4 Å². The highest BCUT2D eigenvalue weighted by Crippen LogP contribution is 2.35. The van der Waals surface area contributed by atoms with Crippen LogP contribution in [-0.4, -0.2) is 23.1 Å². The van der Waals surface area contributed by atoms with E-state index in [9.17, 15) is 4.79 Å². The second-order valence-corrected chi connectivity index (χ2v) is 9.22. The molecule has 0 unspecified atom stereocenters. The number of hydrogen-bond donors (Lipinski definition) is 2. The van der Waals surface area contributed by atoms with Gasteiger partial charge in [-0.15, -0.1) is 0 Å². The van der Waals surface area contributed by atoms with E-state index >= 15 is 0 Å². The van der Waals surface area contributed by atoms with Gasteiger partial charge in [-0.05, 0) is 35.1 Å². The number of amides is 2. The van der Waals surface area contributed by atoms with Crippen molar-refractivity contribution in [1.82, 2.24) is 9.97 Å². The molecule has 0 aliphatic heterocycles. The molecule has 1 heterocycles. The summed E-state index contributed by atoms with van der Waals surface area (Å²) in [6.45, 7) is 8.49. The molecule has 0 saturated carbocycles. The number of methoxy groups -OCH3 is 1. The summed E-state index contributed by atoms with van der Waals surface area (Å²) in [4.78, 5) is 22.7. The van der Waals surface area contributed by atoms with Crippen LogP contribution in [0.15, 0.2) is 79.0 Å². The molecule has 184 valence electrons. The van der Waals surface area contributed by atoms with Crippen LogP contribution >= 0.6 is 0 Å². The molecule has 4 aromatic rings. The summed E-state index contributed by atoms with van der Waals surface area (Å²) in [5.74, 6) is 1.74. The van der Waals surface area contributed by atoms with E-state index in [4.69, 9.17) is 9.72 Å². The maximum atomic E-state index is 13.3. The molecule has 2 N–H and O–H groups in total. The number of urea groups is 1. The SMILES string of the molecule is COc1ccccc1-c1nc(-c2ccccc2)ncc1NC(=O)Nc1c(C(C)C)cccc1C(C)C. The first-order valence-corrected chi connectivity index (χ1v) is 12.2. The Hall–Kier alpha value is -4.19. The van der Waals surface area contributed by atoms with Gasteiger partial charge in [0.1, 0.15) is 11.4 Å². The number of para-hydroxylation sites is 2. The van der Waals surface area contributed by atoms with Gasteiger partial charge in [0.15, 0.2) is 5.82 Å². The molecule has 4 rings (SSSR count). The second-order valence-electron chi connectivity index (χ2n) is 9.22. The Morgan fingerprint density at radius 2 is 1.44 bits per heavy atom. The normalized spacial score (nSPS) is 11.0. The van der Waals surface area contributed by atoms with Gasteiger partial charge in [0.05, 0.1) is 19.0 Å². The molecule has 36 heavy (non-hydrogen) atoms. The number of carbonyl (C=O) groups excluding carboxylic acids is 1. The fourth-order valence-corrected chi connectivity index (χ4v) is 4.21. The maximum absolute atomic E-state index is 13.3. The average molecular weight is 481 g/mol. The Balaban J connectivity index is 1.74. The lowest BCUT2D eigenvalue weighted by molar-refractivity contribution is 0.262.